The Morgan fingerprint density at radius 2 is 2.23 bits per heavy atom. The number of nitrogens with two attached hydrogens (primary N) is 1. The van der Waals surface area contributed by atoms with E-state index >= 15 is 0 Å². The zero-order chi connectivity index (χ0) is 9.05. The second-order valence-corrected chi connectivity index (χ2v) is 5.18. The van der Waals surface area contributed by atoms with E-state index in [0.29, 0.717) is 11.5 Å². The molecule has 2 aliphatic carbocycles. The van der Waals surface area contributed by atoms with E-state index < -0.39 is 0 Å². The van der Waals surface area contributed by atoms with Crippen molar-refractivity contribution < 1.29 is 0 Å². The molecule has 2 atom stereocenters. The third-order valence-corrected chi connectivity index (χ3v) is 4.07. The Labute approximate surface area is 86.5 Å². The van der Waals surface area contributed by atoms with E-state index in [-0.39, 0.29) is 0 Å². The van der Waals surface area contributed by atoms with Gasteiger partial charge in [-0.3, -0.25) is 0 Å². The van der Waals surface area contributed by atoms with Gasteiger partial charge in [-0.25, -0.2) is 0 Å². The predicted molar refractivity (Wildman–Crippen MR) is 56.7 cm³/mol. The average Bonchev–Trinajstić information content (AvgIpc) is 2.59. The SMILES string of the molecule is N[C@@H]1C[C@]12CCc1cc(Br)ccc12. The molecule has 1 nitrogen and oxygen atoms in total. The summed E-state index contributed by atoms with van der Waals surface area (Å²) in [5.74, 6) is 0. The van der Waals surface area contributed by atoms with Gasteiger partial charge in [-0.1, -0.05) is 22.0 Å². The lowest BCUT2D eigenvalue weighted by atomic mass is 9.98. The maximum atomic E-state index is 6.00. The van der Waals surface area contributed by atoms with Crippen molar-refractivity contribution in [3.63, 3.8) is 0 Å². The van der Waals surface area contributed by atoms with Crippen LogP contribution in [0.4, 0.5) is 0 Å². The molecule has 0 bridgehead atoms. The molecule has 0 unspecified atom stereocenters. The maximum Gasteiger partial charge on any atom is 0.0178 e. The summed E-state index contributed by atoms with van der Waals surface area (Å²) in [6.07, 6.45) is 3.67. The smallest absolute Gasteiger partial charge is 0.0178 e. The van der Waals surface area contributed by atoms with Crippen LogP contribution < -0.4 is 5.73 Å². The van der Waals surface area contributed by atoms with Crippen molar-refractivity contribution in [3.8, 4) is 0 Å². The van der Waals surface area contributed by atoms with E-state index in [4.69, 9.17) is 5.73 Å². The summed E-state index contributed by atoms with van der Waals surface area (Å²) in [5, 5.41) is 0. The highest BCUT2D eigenvalue weighted by molar-refractivity contribution is 9.10. The standard InChI is InChI=1S/C11H12BrN/c12-8-1-2-9-7(5-8)3-4-11(9)6-10(11)13/h1-2,5,10H,3-4,6,13H2/t10-,11+/m1/s1. The first-order valence-corrected chi connectivity index (χ1v) is 5.56. The van der Waals surface area contributed by atoms with Gasteiger partial charge in [0.2, 0.25) is 0 Å². The van der Waals surface area contributed by atoms with Crippen molar-refractivity contribution in [1.29, 1.82) is 0 Å². The number of hydrogen-bond donors (Lipinski definition) is 1. The van der Waals surface area contributed by atoms with Crippen molar-refractivity contribution in [2.75, 3.05) is 0 Å². The van der Waals surface area contributed by atoms with Gasteiger partial charge in [-0.15, -0.1) is 0 Å². The topological polar surface area (TPSA) is 26.0 Å². The summed E-state index contributed by atoms with van der Waals surface area (Å²) in [6, 6.07) is 7.06. The minimum absolute atomic E-state index is 0.385. The third-order valence-electron chi connectivity index (χ3n) is 3.58. The molecule has 2 heteroatoms. The summed E-state index contributed by atoms with van der Waals surface area (Å²) in [7, 11) is 0. The average molecular weight is 238 g/mol. The van der Waals surface area contributed by atoms with E-state index in [9.17, 15) is 0 Å². The third kappa shape index (κ3) is 0.960. The highest BCUT2D eigenvalue weighted by Gasteiger charge is 2.55. The van der Waals surface area contributed by atoms with Crippen LogP contribution in [-0.2, 0) is 11.8 Å². The van der Waals surface area contributed by atoms with Gasteiger partial charge in [-0.2, -0.15) is 0 Å². The van der Waals surface area contributed by atoms with Crippen LogP contribution in [0.25, 0.3) is 0 Å². The first kappa shape index (κ1) is 8.01. The molecule has 2 aliphatic rings. The highest BCUT2D eigenvalue weighted by Crippen LogP contribution is 2.55. The lowest BCUT2D eigenvalue weighted by molar-refractivity contribution is 0.651. The Kier molecular flexibility index (Phi) is 1.46. The molecule has 1 saturated carbocycles. The van der Waals surface area contributed by atoms with Gasteiger partial charge in [0.15, 0.2) is 0 Å². The summed E-state index contributed by atoms with van der Waals surface area (Å²) < 4.78 is 1.19. The number of aryl methyl sites for hydroxylation is 1. The van der Waals surface area contributed by atoms with Crippen LogP contribution in [0.5, 0.6) is 0 Å². The number of fused-ring (bicyclic) bond motifs is 2. The fourth-order valence-corrected chi connectivity index (χ4v) is 3.09. The predicted octanol–water partition coefficient (Wildman–Crippen LogP) is 2.36. The number of halogens is 1. The fourth-order valence-electron chi connectivity index (χ4n) is 2.68. The van der Waals surface area contributed by atoms with Crippen LogP contribution in [0, 0.1) is 0 Å². The van der Waals surface area contributed by atoms with Crippen molar-refractivity contribution >= 4 is 15.9 Å². The first-order chi connectivity index (χ1) is 6.22. The molecule has 1 spiro atoms. The molecule has 0 aromatic heterocycles. The van der Waals surface area contributed by atoms with Crippen LogP contribution in [-0.4, -0.2) is 6.04 Å². The first-order valence-electron chi connectivity index (χ1n) is 4.77. The van der Waals surface area contributed by atoms with Crippen LogP contribution in [0.2, 0.25) is 0 Å². The molecule has 1 fully saturated rings. The molecular formula is C11H12BrN. The van der Waals surface area contributed by atoms with Crippen molar-refractivity contribution in [2.24, 2.45) is 5.73 Å². The summed E-state index contributed by atoms with van der Waals surface area (Å²) in [5.41, 5.74) is 9.41. The van der Waals surface area contributed by atoms with Gasteiger partial charge >= 0.3 is 0 Å². The quantitative estimate of drug-likeness (QED) is 0.737. The second-order valence-electron chi connectivity index (χ2n) is 4.27. The highest BCUT2D eigenvalue weighted by atomic mass is 79.9. The summed E-state index contributed by atoms with van der Waals surface area (Å²) in [4.78, 5) is 0. The Balaban J connectivity index is 2.13. The molecule has 13 heavy (non-hydrogen) atoms. The zero-order valence-electron chi connectivity index (χ0n) is 7.39. The van der Waals surface area contributed by atoms with Crippen LogP contribution in [0.15, 0.2) is 22.7 Å². The Hall–Kier alpha value is -0.340. The van der Waals surface area contributed by atoms with Crippen molar-refractivity contribution in [2.45, 2.75) is 30.7 Å². The summed E-state index contributed by atoms with van der Waals surface area (Å²) in [6.45, 7) is 0. The second kappa shape index (κ2) is 2.37. The number of hydrogen-bond acceptors (Lipinski definition) is 1. The molecule has 1 aromatic carbocycles. The molecule has 3 rings (SSSR count). The monoisotopic (exact) mass is 237 g/mol. The van der Waals surface area contributed by atoms with Gasteiger partial charge in [0.25, 0.3) is 0 Å². The van der Waals surface area contributed by atoms with Crippen LogP contribution in [0.1, 0.15) is 24.0 Å². The number of benzene rings is 1. The largest absolute Gasteiger partial charge is 0.327 e. The molecule has 1 aromatic rings. The van der Waals surface area contributed by atoms with E-state index in [2.05, 4.69) is 34.1 Å². The van der Waals surface area contributed by atoms with E-state index in [1.807, 2.05) is 0 Å². The van der Waals surface area contributed by atoms with Gasteiger partial charge in [0.1, 0.15) is 0 Å². The Morgan fingerprint density at radius 3 is 2.92 bits per heavy atom. The lowest BCUT2D eigenvalue weighted by Crippen LogP contribution is -2.14. The van der Waals surface area contributed by atoms with Gasteiger partial charge in [-0.05, 0) is 42.5 Å². The zero-order valence-corrected chi connectivity index (χ0v) is 8.97. The van der Waals surface area contributed by atoms with Crippen LogP contribution >= 0.6 is 15.9 Å². The van der Waals surface area contributed by atoms with Gasteiger partial charge in [0, 0.05) is 15.9 Å². The maximum absolute atomic E-state index is 6.00. The molecular weight excluding hydrogens is 226 g/mol. The molecule has 68 valence electrons. The van der Waals surface area contributed by atoms with E-state index in [1.54, 1.807) is 0 Å². The molecule has 0 radical (unpaired) electrons. The molecule has 2 N–H and O–H groups in total. The minimum Gasteiger partial charge on any atom is -0.327 e. The van der Waals surface area contributed by atoms with E-state index in [0.717, 1.165) is 0 Å². The van der Waals surface area contributed by atoms with Crippen LogP contribution in [0.3, 0.4) is 0 Å². The minimum atomic E-state index is 0.385. The van der Waals surface area contributed by atoms with Crippen molar-refractivity contribution in [1.82, 2.24) is 0 Å². The Morgan fingerprint density at radius 1 is 1.46 bits per heavy atom. The summed E-state index contributed by atoms with van der Waals surface area (Å²) >= 11 is 3.51. The van der Waals surface area contributed by atoms with E-state index in [1.165, 1.54) is 34.9 Å². The van der Waals surface area contributed by atoms with Gasteiger partial charge in [0.05, 0.1) is 0 Å². The molecule has 0 heterocycles. The normalized spacial score (nSPS) is 35.1. The number of rotatable bonds is 0. The van der Waals surface area contributed by atoms with Crippen molar-refractivity contribution in [3.05, 3.63) is 33.8 Å². The molecule has 0 amide bonds. The Bertz CT molecular complexity index is 374. The fraction of sp³-hybridized carbons (Fsp3) is 0.455. The van der Waals surface area contributed by atoms with Gasteiger partial charge < -0.3 is 5.73 Å². The molecule has 0 saturated heterocycles. The molecule has 0 aliphatic heterocycles. The lowest BCUT2D eigenvalue weighted by Gasteiger charge is -2.08.